The maximum Gasteiger partial charge on any atom is 0.410 e. The summed E-state index contributed by atoms with van der Waals surface area (Å²) >= 11 is 0. The lowest BCUT2D eigenvalue weighted by molar-refractivity contribution is -0.140. The zero-order valence-electron chi connectivity index (χ0n) is 22.7. The van der Waals surface area contributed by atoms with Crippen LogP contribution >= 0.6 is 0 Å². The average Bonchev–Trinajstić information content (AvgIpc) is 2.78. The maximum absolute atomic E-state index is 14.9. The van der Waals surface area contributed by atoms with Gasteiger partial charge in [0.05, 0.1) is 12.7 Å². The van der Waals surface area contributed by atoms with Crippen LogP contribution in [-0.4, -0.2) is 65.6 Å². The van der Waals surface area contributed by atoms with Crippen molar-refractivity contribution >= 4 is 18.2 Å². The van der Waals surface area contributed by atoms with E-state index >= 15 is 0 Å². The molecule has 208 valence electrons. The van der Waals surface area contributed by atoms with Crippen LogP contribution in [0.15, 0.2) is 18.2 Å². The lowest BCUT2D eigenvalue weighted by Gasteiger charge is -2.31. The number of rotatable bonds is 10. The number of nitrogens with zero attached hydrogens (tertiary/aromatic N) is 1. The van der Waals surface area contributed by atoms with Crippen molar-refractivity contribution < 1.29 is 38.1 Å². The van der Waals surface area contributed by atoms with Gasteiger partial charge >= 0.3 is 18.2 Å². The van der Waals surface area contributed by atoms with Gasteiger partial charge < -0.3 is 29.5 Å². The molecule has 9 nitrogen and oxygen atoms in total. The number of likely N-dealkylation sites (tertiary alicyclic amines) is 1. The van der Waals surface area contributed by atoms with Gasteiger partial charge in [-0.15, -0.1) is 0 Å². The Morgan fingerprint density at radius 1 is 1.16 bits per heavy atom. The highest BCUT2D eigenvalue weighted by Gasteiger charge is 2.31. The van der Waals surface area contributed by atoms with E-state index in [9.17, 15) is 23.9 Å². The molecule has 0 bridgehead atoms. The van der Waals surface area contributed by atoms with Gasteiger partial charge in [-0.05, 0) is 77.8 Å². The molecule has 2 N–H and O–H groups in total. The van der Waals surface area contributed by atoms with Crippen LogP contribution in [0.2, 0.25) is 0 Å². The van der Waals surface area contributed by atoms with E-state index in [-0.39, 0.29) is 17.8 Å². The summed E-state index contributed by atoms with van der Waals surface area (Å²) in [5.41, 5.74) is -0.641. The summed E-state index contributed by atoms with van der Waals surface area (Å²) in [7, 11) is 0. The largest absolute Gasteiger partial charge is 0.493 e. The van der Waals surface area contributed by atoms with Gasteiger partial charge in [0.15, 0.2) is 0 Å². The number of halogens is 1. The molecular formula is C27H41FN2O7. The molecule has 10 heteroatoms. The number of nitrogens with one attached hydrogen (secondary N) is 1. The Morgan fingerprint density at radius 3 is 2.35 bits per heavy atom. The highest BCUT2D eigenvalue weighted by molar-refractivity contribution is 5.81. The first-order valence-electron chi connectivity index (χ1n) is 12.9. The highest BCUT2D eigenvalue weighted by atomic mass is 19.1. The minimum atomic E-state index is -1.37. The summed E-state index contributed by atoms with van der Waals surface area (Å²) < 4.78 is 30.9. The molecule has 1 saturated heterocycles. The Kier molecular flexibility index (Phi) is 11.0. The van der Waals surface area contributed by atoms with Gasteiger partial charge in [0.25, 0.3) is 0 Å². The summed E-state index contributed by atoms with van der Waals surface area (Å²) in [6.45, 7) is 12.0. The number of amides is 2. The fourth-order valence-corrected chi connectivity index (χ4v) is 4.22. The summed E-state index contributed by atoms with van der Waals surface area (Å²) in [4.78, 5) is 37.5. The van der Waals surface area contributed by atoms with Crippen LogP contribution in [0.1, 0.15) is 78.7 Å². The third-order valence-corrected chi connectivity index (χ3v) is 6.14. The van der Waals surface area contributed by atoms with Crippen molar-refractivity contribution in [1.29, 1.82) is 0 Å². The van der Waals surface area contributed by atoms with Gasteiger partial charge in [-0.2, -0.15) is 0 Å². The molecule has 0 unspecified atom stereocenters. The SMILES string of the molecule is CC(C)OC(=O)N1CCC(CCCOc2ccc([C@H](C)[C@H](NC(=O)OC(C)(C)C)C(=O)O)c(F)c2)CC1. The van der Waals surface area contributed by atoms with E-state index in [1.165, 1.54) is 19.1 Å². The Bertz CT molecular complexity index is 924. The molecule has 1 heterocycles. The van der Waals surface area contributed by atoms with Gasteiger partial charge in [0, 0.05) is 25.1 Å². The van der Waals surface area contributed by atoms with Gasteiger partial charge in [0.2, 0.25) is 0 Å². The maximum atomic E-state index is 14.9. The number of aliphatic carboxylic acids is 1. The molecule has 0 aliphatic carbocycles. The zero-order chi connectivity index (χ0) is 27.8. The van der Waals surface area contributed by atoms with Gasteiger partial charge in [-0.3, -0.25) is 0 Å². The Labute approximate surface area is 218 Å². The number of carbonyl (C=O) groups excluding carboxylic acids is 2. The van der Waals surface area contributed by atoms with E-state index in [2.05, 4.69) is 5.32 Å². The second-order valence-electron chi connectivity index (χ2n) is 10.8. The molecule has 0 spiro atoms. The van der Waals surface area contributed by atoms with E-state index in [0.29, 0.717) is 31.4 Å². The van der Waals surface area contributed by atoms with Crippen molar-refractivity contribution in [1.82, 2.24) is 10.2 Å². The molecule has 1 aliphatic rings. The van der Waals surface area contributed by atoms with E-state index in [1.54, 1.807) is 31.7 Å². The highest BCUT2D eigenvalue weighted by Crippen LogP contribution is 2.27. The second kappa shape index (κ2) is 13.5. The number of carbonyl (C=O) groups is 3. The van der Waals surface area contributed by atoms with Crippen LogP contribution < -0.4 is 10.1 Å². The first-order chi connectivity index (χ1) is 17.3. The number of carboxylic acid groups (broad SMARTS) is 1. The summed E-state index contributed by atoms with van der Waals surface area (Å²) in [6, 6.07) is 2.94. The normalized spacial score (nSPS) is 16.2. The van der Waals surface area contributed by atoms with E-state index < -0.39 is 35.4 Å². The lowest BCUT2D eigenvalue weighted by atomic mass is 9.92. The number of hydrogen-bond donors (Lipinski definition) is 2. The number of piperidine rings is 1. The molecule has 2 amide bonds. The van der Waals surface area contributed by atoms with Crippen molar-refractivity contribution in [3.8, 4) is 5.75 Å². The van der Waals surface area contributed by atoms with Crippen LogP contribution in [0.25, 0.3) is 0 Å². The topological polar surface area (TPSA) is 114 Å². The zero-order valence-corrected chi connectivity index (χ0v) is 22.7. The fraction of sp³-hybridized carbons (Fsp3) is 0.667. The number of alkyl carbamates (subject to hydrolysis) is 1. The third-order valence-electron chi connectivity index (χ3n) is 6.14. The van der Waals surface area contributed by atoms with Crippen molar-refractivity contribution in [2.45, 2.75) is 90.9 Å². The van der Waals surface area contributed by atoms with Crippen LogP contribution in [-0.2, 0) is 14.3 Å². The molecule has 0 saturated carbocycles. The van der Waals surface area contributed by atoms with Gasteiger partial charge in [0.1, 0.15) is 23.2 Å². The molecule has 37 heavy (non-hydrogen) atoms. The van der Waals surface area contributed by atoms with E-state index in [1.807, 2.05) is 13.8 Å². The van der Waals surface area contributed by atoms with Crippen molar-refractivity contribution in [3.05, 3.63) is 29.6 Å². The van der Waals surface area contributed by atoms with Crippen LogP contribution in [0.5, 0.6) is 5.75 Å². The molecule has 2 atom stereocenters. The van der Waals surface area contributed by atoms with E-state index in [0.717, 1.165) is 25.7 Å². The molecule has 1 aromatic carbocycles. The van der Waals surface area contributed by atoms with Crippen LogP contribution in [0.4, 0.5) is 14.0 Å². The first-order valence-corrected chi connectivity index (χ1v) is 12.9. The van der Waals surface area contributed by atoms with Gasteiger partial charge in [-0.1, -0.05) is 13.0 Å². The molecule has 0 radical (unpaired) electrons. The number of carboxylic acids is 1. The number of ether oxygens (including phenoxy) is 3. The summed E-state index contributed by atoms with van der Waals surface area (Å²) in [5, 5.41) is 11.9. The molecule has 1 aliphatic heterocycles. The standard InChI is InChI=1S/C27H41FN2O7/c1-17(2)36-26(34)30-13-11-19(12-14-30)8-7-15-35-20-9-10-21(22(28)16-20)18(3)23(24(31)32)29-25(33)37-27(4,5)6/h9-10,16-19,23H,7-8,11-15H2,1-6H3,(H,29,33)(H,31,32)/t18-,23-/m0/s1. The third kappa shape index (κ3) is 10.1. The molecular weight excluding hydrogens is 483 g/mol. The molecule has 1 fully saturated rings. The number of hydrogen-bond acceptors (Lipinski definition) is 6. The quantitative estimate of drug-likeness (QED) is 0.398. The molecule has 1 aromatic rings. The van der Waals surface area contributed by atoms with Gasteiger partial charge in [-0.25, -0.2) is 18.8 Å². The van der Waals surface area contributed by atoms with Crippen molar-refractivity contribution in [3.63, 3.8) is 0 Å². The average molecular weight is 525 g/mol. The van der Waals surface area contributed by atoms with Crippen LogP contribution in [0, 0.1) is 11.7 Å². The Hall–Kier alpha value is -3.04. The molecule has 2 rings (SSSR count). The monoisotopic (exact) mass is 524 g/mol. The Morgan fingerprint density at radius 2 is 1.81 bits per heavy atom. The smallest absolute Gasteiger partial charge is 0.410 e. The first kappa shape index (κ1) is 30.2. The van der Waals surface area contributed by atoms with E-state index in [4.69, 9.17) is 14.2 Å². The van der Waals surface area contributed by atoms with Crippen molar-refractivity contribution in [2.75, 3.05) is 19.7 Å². The fourth-order valence-electron chi connectivity index (χ4n) is 4.22. The number of benzene rings is 1. The summed E-state index contributed by atoms with van der Waals surface area (Å²) in [6.07, 6.45) is 2.30. The minimum Gasteiger partial charge on any atom is -0.493 e. The van der Waals surface area contributed by atoms with Crippen molar-refractivity contribution in [2.24, 2.45) is 5.92 Å². The minimum absolute atomic E-state index is 0.128. The lowest BCUT2D eigenvalue weighted by Crippen LogP contribution is -2.46. The van der Waals surface area contributed by atoms with Crippen LogP contribution in [0.3, 0.4) is 0 Å². The molecule has 0 aromatic heterocycles. The predicted molar refractivity (Wildman–Crippen MR) is 136 cm³/mol. The Balaban J connectivity index is 1.82. The second-order valence-corrected chi connectivity index (χ2v) is 10.8. The predicted octanol–water partition coefficient (Wildman–Crippen LogP) is 5.32. The summed E-state index contributed by atoms with van der Waals surface area (Å²) in [5.74, 6) is -1.89.